The van der Waals surface area contributed by atoms with Gasteiger partial charge < -0.3 is 15.4 Å². The minimum Gasteiger partial charge on any atom is -0.376 e. The Morgan fingerprint density at radius 3 is 2.76 bits per heavy atom. The van der Waals surface area contributed by atoms with E-state index in [1.807, 2.05) is 24.3 Å². The van der Waals surface area contributed by atoms with Crippen LogP contribution in [0.25, 0.3) is 20.3 Å². The number of fused-ring (bicyclic) bond motifs is 3. The van der Waals surface area contributed by atoms with Crippen LogP contribution in [0, 0.1) is 5.82 Å². The minimum absolute atomic E-state index is 0.0132. The van der Waals surface area contributed by atoms with Gasteiger partial charge in [0, 0.05) is 41.9 Å². The number of nitrogens with zero attached hydrogens (tertiary/aromatic N) is 2. The average Bonchev–Trinajstić information content (AvgIpc) is 3.57. The van der Waals surface area contributed by atoms with Gasteiger partial charge >= 0.3 is 0 Å². The summed E-state index contributed by atoms with van der Waals surface area (Å²) in [5.41, 5.74) is 0.913. The molecule has 1 atom stereocenters. The molecule has 198 valence electrons. The lowest BCUT2D eigenvalue weighted by Crippen LogP contribution is -2.32. The van der Waals surface area contributed by atoms with E-state index in [4.69, 9.17) is 9.72 Å². The number of hydrogen-bond donors (Lipinski definition) is 2. The number of hydrogen-bond acceptors (Lipinski definition) is 7. The molecule has 2 aromatic carbocycles. The zero-order valence-corrected chi connectivity index (χ0v) is 22.2. The SMILES string of the molecule is O=C(CCCn1c(SCC(=O)Nc2ccc(F)cc2)nc2c(sc3ccccc32)c1=O)NC[C@@H]1CCCO1. The standard InChI is InChI=1S/C27H27FN4O4S2/c28-17-9-11-18(12-10-17)30-23(34)16-37-27-31-24-20-6-1-2-7-21(20)38-25(24)26(35)32(27)13-3-8-22(33)29-15-19-5-4-14-36-19/h1-2,6-7,9-12,19H,3-5,8,13-16H2,(H,29,33)(H,30,34)/t19-/m0/s1. The highest BCUT2D eigenvalue weighted by Gasteiger charge is 2.19. The van der Waals surface area contributed by atoms with Crippen LogP contribution >= 0.6 is 23.1 Å². The number of thioether (sulfide) groups is 1. The molecule has 0 aliphatic carbocycles. The van der Waals surface area contributed by atoms with Crippen LogP contribution in [0.1, 0.15) is 25.7 Å². The van der Waals surface area contributed by atoms with Crippen LogP contribution in [-0.4, -0.2) is 46.4 Å². The molecule has 1 saturated heterocycles. The van der Waals surface area contributed by atoms with E-state index in [-0.39, 0.29) is 41.5 Å². The Morgan fingerprint density at radius 2 is 1.97 bits per heavy atom. The Kier molecular flexibility index (Phi) is 8.35. The molecule has 1 fully saturated rings. The van der Waals surface area contributed by atoms with Gasteiger partial charge in [0.25, 0.3) is 5.56 Å². The van der Waals surface area contributed by atoms with Crippen molar-refractivity contribution in [2.45, 2.75) is 43.5 Å². The average molecular weight is 555 g/mol. The molecule has 8 nitrogen and oxygen atoms in total. The summed E-state index contributed by atoms with van der Waals surface area (Å²) in [6, 6.07) is 13.2. The van der Waals surface area contributed by atoms with E-state index in [2.05, 4.69) is 10.6 Å². The molecule has 5 rings (SSSR count). The van der Waals surface area contributed by atoms with Crippen LogP contribution in [-0.2, 0) is 20.9 Å². The van der Waals surface area contributed by atoms with Crippen molar-refractivity contribution in [2.24, 2.45) is 0 Å². The molecule has 1 aliphatic heterocycles. The summed E-state index contributed by atoms with van der Waals surface area (Å²) < 4.78 is 21.8. The van der Waals surface area contributed by atoms with Gasteiger partial charge in [-0.05, 0) is 49.6 Å². The van der Waals surface area contributed by atoms with Crippen molar-refractivity contribution in [3.63, 3.8) is 0 Å². The lowest BCUT2D eigenvalue weighted by Gasteiger charge is -2.13. The second kappa shape index (κ2) is 12.1. The van der Waals surface area contributed by atoms with Gasteiger partial charge in [-0.25, -0.2) is 9.37 Å². The summed E-state index contributed by atoms with van der Waals surface area (Å²) in [5.74, 6) is -0.759. The van der Waals surface area contributed by atoms with E-state index >= 15 is 0 Å². The monoisotopic (exact) mass is 554 g/mol. The van der Waals surface area contributed by atoms with Crippen molar-refractivity contribution in [2.75, 3.05) is 24.2 Å². The number of carbonyl (C=O) groups is 2. The largest absolute Gasteiger partial charge is 0.376 e. The van der Waals surface area contributed by atoms with Gasteiger partial charge in [0.1, 0.15) is 10.5 Å². The first-order valence-corrected chi connectivity index (χ1v) is 14.3. The summed E-state index contributed by atoms with van der Waals surface area (Å²) in [6.07, 6.45) is 2.75. The van der Waals surface area contributed by atoms with Gasteiger partial charge in [-0.3, -0.25) is 19.0 Å². The van der Waals surface area contributed by atoms with Crippen LogP contribution in [0.15, 0.2) is 58.5 Å². The number of carbonyl (C=O) groups excluding carboxylic acids is 2. The summed E-state index contributed by atoms with van der Waals surface area (Å²) in [7, 11) is 0. The number of thiophene rings is 1. The molecule has 0 bridgehead atoms. The third-order valence-corrected chi connectivity index (χ3v) is 8.37. The Balaban J connectivity index is 1.31. The van der Waals surface area contributed by atoms with Gasteiger partial charge in [0.05, 0.1) is 17.4 Å². The Labute approximate surface area is 226 Å². The number of nitrogens with one attached hydrogen (secondary N) is 2. The van der Waals surface area contributed by atoms with E-state index in [1.54, 1.807) is 4.57 Å². The van der Waals surface area contributed by atoms with Crippen molar-refractivity contribution in [3.8, 4) is 0 Å². The highest BCUT2D eigenvalue weighted by atomic mass is 32.2. The molecule has 0 spiro atoms. The van der Waals surface area contributed by atoms with Gasteiger partial charge in [0.15, 0.2) is 5.16 Å². The maximum Gasteiger partial charge on any atom is 0.272 e. The van der Waals surface area contributed by atoms with E-state index in [0.29, 0.717) is 40.6 Å². The third-order valence-electron chi connectivity index (χ3n) is 6.24. The van der Waals surface area contributed by atoms with Crippen molar-refractivity contribution in [1.82, 2.24) is 14.9 Å². The van der Waals surface area contributed by atoms with Crippen molar-refractivity contribution in [1.29, 1.82) is 0 Å². The molecule has 2 N–H and O–H groups in total. The lowest BCUT2D eigenvalue weighted by atomic mass is 10.2. The topological polar surface area (TPSA) is 102 Å². The van der Waals surface area contributed by atoms with Crippen molar-refractivity contribution < 1.29 is 18.7 Å². The number of aromatic nitrogens is 2. The molecule has 1 aliphatic rings. The fraction of sp³-hybridized carbons (Fsp3) is 0.333. The highest BCUT2D eigenvalue weighted by Crippen LogP contribution is 2.32. The van der Waals surface area contributed by atoms with Crippen LogP contribution in [0.4, 0.5) is 10.1 Å². The van der Waals surface area contributed by atoms with Gasteiger partial charge in [-0.1, -0.05) is 30.0 Å². The molecular weight excluding hydrogens is 527 g/mol. The first kappa shape index (κ1) is 26.3. The fourth-order valence-electron chi connectivity index (χ4n) is 4.34. The molecule has 0 radical (unpaired) electrons. The summed E-state index contributed by atoms with van der Waals surface area (Å²) in [6.45, 7) is 1.53. The molecular formula is C27H27FN4O4S2. The maximum absolute atomic E-state index is 13.5. The van der Waals surface area contributed by atoms with Crippen molar-refractivity contribution >= 4 is 60.9 Å². The van der Waals surface area contributed by atoms with Crippen LogP contribution in [0.2, 0.25) is 0 Å². The highest BCUT2D eigenvalue weighted by molar-refractivity contribution is 7.99. The maximum atomic E-state index is 13.5. The smallest absolute Gasteiger partial charge is 0.272 e. The quantitative estimate of drug-likeness (QED) is 0.220. The molecule has 3 heterocycles. The Morgan fingerprint density at radius 1 is 1.16 bits per heavy atom. The number of rotatable bonds is 10. The number of ether oxygens (including phenoxy) is 1. The van der Waals surface area contributed by atoms with E-state index in [0.717, 1.165) is 41.3 Å². The molecule has 0 unspecified atom stereocenters. The van der Waals surface area contributed by atoms with Crippen LogP contribution in [0.5, 0.6) is 0 Å². The Hall–Kier alpha value is -3.28. The third kappa shape index (κ3) is 6.23. The predicted molar refractivity (Wildman–Crippen MR) is 148 cm³/mol. The number of anilines is 1. The minimum atomic E-state index is -0.387. The summed E-state index contributed by atoms with van der Waals surface area (Å²) >= 11 is 2.55. The number of benzene rings is 2. The molecule has 11 heteroatoms. The molecule has 0 saturated carbocycles. The second-order valence-electron chi connectivity index (χ2n) is 9.01. The molecule has 2 aromatic heterocycles. The van der Waals surface area contributed by atoms with Gasteiger partial charge in [-0.15, -0.1) is 11.3 Å². The first-order chi connectivity index (χ1) is 18.5. The molecule has 2 amide bonds. The van der Waals surface area contributed by atoms with Crippen LogP contribution in [0.3, 0.4) is 0 Å². The van der Waals surface area contributed by atoms with E-state index in [1.165, 1.54) is 35.6 Å². The fourth-order valence-corrected chi connectivity index (χ4v) is 6.25. The zero-order chi connectivity index (χ0) is 26.5. The normalized spacial score (nSPS) is 15.2. The van der Waals surface area contributed by atoms with Crippen LogP contribution < -0.4 is 16.2 Å². The van der Waals surface area contributed by atoms with Crippen molar-refractivity contribution in [3.05, 3.63) is 64.7 Å². The first-order valence-electron chi connectivity index (χ1n) is 12.5. The lowest BCUT2D eigenvalue weighted by molar-refractivity contribution is -0.121. The van der Waals surface area contributed by atoms with Gasteiger partial charge in [-0.2, -0.15) is 0 Å². The number of halogens is 1. The summed E-state index contributed by atoms with van der Waals surface area (Å²) in [4.78, 5) is 43.2. The predicted octanol–water partition coefficient (Wildman–Crippen LogP) is 4.56. The summed E-state index contributed by atoms with van der Waals surface area (Å²) in [5, 5.41) is 6.94. The van der Waals surface area contributed by atoms with E-state index < -0.39 is 0 Å². The van der Waals surface area contributed by atoms with Gasteiger partial charge in [0.2, 0.25) is 11.8 Å². The molecule has 4 aromatic rings. The second-order valence-corrected chi connectivity index (χ2v) is 11.0. The zero-order valence-electron chi connectivity index (χ0n) is 20.6. The Bertz CT molecular complexity index is 1510. The number of amides is 2. The molecule has 38 heavy (non-hydrogen) atoms. The van der Waals surface area contributed by atoms with E-state index in [9.17, 15) is 18.8 Å².